The van der Waals surface area contributed by atoms with E-state index < -0.39 is 12.7 Å². The van der Waals surface area contributed by atoms with Crippen molar-refractivity contribution < 1.29 is 22.7 Å². The van der Waals surface area contributed by atoms with E-state index in [0.717, 1.165) is 24.3 Å². The van der Waals surface area contributed by atoms with Gasteiger partial charge in [0.05, 0.1) is 24.2 Å². The van der Waals surface area contributed by atoms with Crippen molar-refractivity contribution in [2.75, 3.05) is 54.5 Å². The van der Waals surface area contributed by atoms with Crippen LogP contribution in [0.4, 0.5) is 30.2 Å². The first-order valence-corrected chi connectivity index (χ1v) is 12.4. The first kappa shape index (κ1) is 25.6. The highest BCUT2D eigenvalue weighted by atomic mass is 19.4. The maximum Gasteiger partial charge on any atom is 0.405 e. The molecular weight excluding hydrogens is 495 g/mol. The Hall–Kier alpha value is -4.05. The Labute approximate surface area is 218 Å². The van der Waals surface area contributed by atoms with E-state index in [1.165, 1.54) is 4.90 Å². The standard InChI is InChI=1S/C28H28F3N5O2/c1-2-35(18-28(29,30)31)23-11-12-24-25(17-23)34-26(33-24)19-3-5-20(6-4-19)27(37)32-21-7-9-22(10-8-21)36-13-15-38-16-14-36/h3-12,17H,2,13-16,18H2,1H3,(H,32,37)(H,33,34). The number of fused-ring (bicyclic) bond motifs is 1. The number of amides is 1. The molecule has 1 fully saturated rings. The number of benzene rings is 3. The number of carbonyl (C=O) groups is 1. The SMILES string of the molecule is CCN(CC(F)(F)F)c1ccc2[nH]c(-c3ccc(C(=O)Nc4ccc(N5CCOCC5)cc4)cc3)nc2c1. The number of nitrogens with zero attached hydrogens (tertiary/aromatic N) is 3. The number of carbonyl (C=O) groups excluding carboxylic acids is 1. The lowest BCUT2D eigenvalue weighted by molar-refractivity contribution is -0.119. The van der Waals surface area contributed by atoms with Gasteiger partial charge in [-0.3, -0.25) is 4.79 Å². The first-order chi connectivity index (χ1) is 18.3. The number of aromatic nitrogens is 2. The predicted molar refractivity (Wildman–Crippen MR) is 143 cm³/mol. The highest BCUT2D eigenvalue weighted by molar-refractivity contribution is 6.04. The summed E-state index contributed by atoms with van der Waals surface area (Å²) < 4.78 is 44.1. The second-order valence-corrected chi connectivity index (χ2v) is 9.09. The summed E-state index contributed by atoms with van der Waals surface area (Å²) in [5.74, 6) is 0.343. The van der Waals surface area contributed by atoms with Crippen molar-refractivity contribution in [1.29, 1.82) is 0 Å². The van der Waals surface area contributed by atoms with Crippen LogP contribution in [0.1, 0.15) is 17.3 Å². The summed E-state index contributed by atoms with van der Waals surface area (Å²) in [6.45, 7) is 4.01. The number of morpholine rings is 1. The average Bonchev–Trinajstić information content (AvgIpc) is 3.36. The smallest absolute Gasteiger partial charge is 0.378 e. The van der Waals surface area contributed by atoms with E-state index >= 15 is 0 Å². The minimum Gasteiger partial charge on any atom is -0.378 e. The molecule has 0 aliphatic carbocycles. The molecule has 0 saturated carbocycles. The molecule has 0 spiro atoms. The van der Waals surface area contributed by atoms with Crippen LogP contribution in [0.2, 0.25) is 0 Å². The second-order valence-electron chi connectivity index (χ2n) is 9.09. The van der Waals surface area contributed by atoms with Crippen LogP contribution in [0.5, 0.6) is 0 Å². The van der Waals surface area contributed by atoms with Crippen molar-refractivity contribution in [3.8, 4) is 11.4 Å². The average molecular weight is 524 g/mol. The van der Waals surface area contributed by atoms with E-state index in [4.69, 9.17) is 4.74 Å². The number of nitrogens with one attached hydrogen (secondary N) is 2. The Morgan fingerprint density at radius 1 is 1.05 bits per heavy atom. The Morgan fingerprint density at radius 2 is 1.76 bits per heavy atom. The fraction of sp³-hybridized carbons (Fsp3) is 0.286. The number of rotatable bonds is 7. The van der Waals surface area contributed by atoms with Gasteiger partial charge in [0.15, 0.2) is 0 Å². The molecule has 1 aliphatic rings. The summed E-state index contributed by atoms with van der Waals surface area (Å²) in [5, 5.41) is 2.92. The summed E-state index contributed by atoms with van der Waals surface area (Å²) >= 11 is 0. The normalized spacial score (nSPS) is 14.1. The van der Waals surface area contributed by atoms with E-state index in [1.54, 1.807) is 49.4 Å². The second kappa shape index (κ2) is 10.7. The van der Waals surface area contributed by atoms with E-state index in [0.29, 0.717) is 47.0 Å². The molecule has 2 N–H and O–H groups in total. The van der Waals surface area contributed by atoms with Crippen LogP contribution in [0.3, 0.4) is 0 Å². The highest BCUT2D eigenvalue weighted by Gasteiger charge is 2.30. The van der Waals surface area contributed by atoms with Gasteiger partial charge in [0, 0.05) is 47.8 Å². The van der Waals surface area contributed by atoms with Crippen LogP contribution in [-0.2, 0) is 4.74 Å². The molecule has 0 bridgehead atoms. The van der Waals surface area contributed by atoms with Crippen LogP contribution in [-0.4, -0.2) is 61.4 Å². The van der Waals surface area contributed by atoms with E-state index in [1.807, 2.05) is 24.3 Å². The molecule has 7 nitrogen and oxygen atoms in total. The van der Waals surface area contributed by atoms with Gasteiger partial charge in [-0.2, -0.15) is 13.2 Å². The van der Waals surface area contributed by atoms with Crippen molar-refractivity contribution in [3.05, 3.63) is 72.3 Å². The monoisotopic (exact) mass is 523 g/mol. The summed E-state index contributed by atoms with van der Waals surface area (Å²) in [6, 6.07) is 19.8. The third-order valence-electron chi connectivity index (χ3n) is 6.51. The van der Waals surface area contributed by atoms with Crippen LogP contribution < -0.4 is 15.1 Å². The number of imidazole rings is 1. The van der Waals surface area contributed by atoms with E-state index in [9.17, 15) is 18.0 Å². The predicted octanol–water partition coefficient (Wildman–Crippen LogP) is 5.71. The topological polar surface area (TPSA) is 73.5 Å². The third-order valence-corrected chi connectivity index (χ3v) is 6.51. The van der Waals surface area contributed by atoms with Crippen molar-refractivity contribution in [1.82, 2.24) is 9.97 Å². The molecule has 0 atom stereocenters. The van der Waals surface area contributed by atoms with Crippen molar-refractivity contribution in [2.45, 2.75) is 13.1 Å². The Morgan fingerprint density at radius 3 is 2.42 bits per heavy atom. The number of H-pyrrole nitrogens is 1. The minimum atomic E-state index is -4.29. The molecule has 2 heterocycles. The van der Waals surface area contributed by atoms with Gasteiger partial charge in [-0.05, 0) is 61.5 Å². The fourth-order valence-corrected chi connectivity index (χ4v) is 4.49. The van der Waals surface area contributed by atoms with Gasteiger partial charge in [-0.1, -0.05) is 12.1 Å². The van der Waals surface area contributed by atoms with Gasteiger partial charge in [-0.25, -0.2) is 4.98 Å². The molecule has 1 aromatic heterocycles. The lowest BCUT2D eigenvalue weighted by atomic mass is 10.1. The fourth-order valence-electron chi connectivity index (χ4n) is 4.49. The number of alkyl halides is 3. The molecule has 0 radical (unpaired) electrons. The lowest BCUT2D eigenvalue weighted by Crippen LogP contribution is -2.36. The van der Waals surface area contributed by atoms with E-state index in [-0.39, 0.29) is 12.5 Å². The van der Waals surface area contributed by atoms with Crippen LogP contribution >= 0.6 is 0 Å². The molecule has 5 rings (SSSR count). The van der Waals surface area contributed by atoms with E-state index in [2.05, 4.69) is 20.2 Å². The summed E-state index contributed by atoms with van der Waals surface area (Å²) in [5.41, 5.74) is 4.80. The van der Waals surface area contributed by atoms with Crippen molar-refractivity contribution in [2.24, 2.45) is 0 Å². The number of hydrogen-bond donors (Lipinski definition) is 2. The molecule has 38 heavy (non-hydrogen) atoms. The highest BCUT2D eigenvalue weighted by Crippen LogP contribution is 2.27. The Balaban J connectivity index is 1.26. The molecule has 1 amide bonds. The molecule has 1 aliphatic heterocycles. The molecule has 0 unspecified atom stereocenters. The first-order valence-electron chi connectivity index (χ1n) is 12.4. The van der Waals surface area contributed by atoms with Gasteiger partial charge in [-0.15, -0.1) is 0 Å². The van der Waals surface area contributed by atoms with Crippen LogP contribution in [0.15, 0.2) is 66.7 Å². The summed E-state index contributed by atoms with van der Waals surface area (Å²) in [6.07, 6.45) is -4.29. The third kappa shape index (κ3) is 5.91. The number of ether oxygens (including phenoxy) is 1. The van der Waals surface area contributed by atoms with Gasteiger partial charge < -0.3 is 24.8 Å². The van der Waals surface area contributed by atoms with Gasteiger partial charge >= 0.3 is 6.18 Å². The molecule has 4 aromatic rings. The zero-order valence-electron chi connectivity index (χ0n) is 20.9. The number of hydrogen-bond acceptors (Lipinski definition) is 5. The Kier molecular flexibility index (Phi) is 7.24. The van der Waals surface area contributed by atoms with Gasteiger partial charge in [0.2, 0.25) is 0 Å². The largest absolute Gasteiger partial charge is 0.405 e. The molecule has 10 heteroatoms. The number of anilines is 3. The Bertz CT molecular complexity index is 1400. The number of halogens is 3. The van der Waals surface area contributed by atoms with Gasteiger partial charge in [0.1, 0.15) is 12.4 Å². The van der Waals surface area contributed by atoms with Crippen molar-refractivity contribution >= 4 is 34.0 Å². The summed E-state index contributed by atoms with van der Waals surface area (Å²) in [4.78, 5) is 24.0. The maximum absolute atomic E-state index is 12.9. The zero-order valence-corrected chi connectivity index (χ0v) is 20.9. The molecule has 198 valence electrons. The zero-order chi connectivity index (χ0) is 26.7. The maximum atomic E-state index is 12.9. The lowest BCUT2D eigenvalue weighted by Gasteiger charge is -2.28. The van der Waals surface area contributed by atoms with Crippen molar-refractivity contribution in [3.63, 3.8) is 0 Å². The molecular formula is C28H28F3N5O2. The molecule has 1 saturated heterocycles. The molecule has 3 aromatic carbocycles. The van der Waals surface area contributed by atoms with Crippen LogP contribution in [0, 0.1) is 0 Å². The minimum absolute atomic E-state index is 0.226. The van der Waals surface area contributed by atoms with Gasteiger partial charge in [0.25, 0.3) is 5.91 Å². The quantitative estimate of drug-likeness (QED) is 0.325. The van der Waals surface area contributed by atoms with Crippen LogP contribution in [0.25, 0.3) is 22.4 Å². The number of aromatic amines is 1. The summed E-state index contributed by atoms with van der Waals surface area (Å²) in [7, 11) is 0.